The van der Waals surface area contributed by atoms with Gasteiger partial charge < -0.3 is 4.74 Å². The Balaban J connectivity index is 1.39. The molecule has 2 amide bonds. The molecule has 0 fully saturated rings. The van der Waals surface area contributed by atoms with E-state index in [-0.39, 0.29) is 24.2 Å². The fourth-order valence-corrected chi connectivity index (χ4v) is 3.27. The van der Waals surface area contributed by atoms with Crippen LogP contribution in [-0.2, 0) is 13.0 Å². The van der Waals surface area contributed by atoms with Crippen molar-refractivity contribution >= 4 is 11.8 Å². The van der Waals surface area contributed by atoms with Crippen molar-refractivity contribution in [1.82, 2.24) is 4.90 Å². The molecule has 0 aromatic heterocycles. The van der Waals surface area contributed by atoms with Crippen molar-refractivity contribution < 1.29 is 18.7 Å². The maximum absolute atomic E-state index is 13.3. The van der Waals surface area contributed by atoms with E-state index < -0.39 is 0 Å². The van der Waals surface area contributed by atoms with Gasteiger partial charge in [0.05, 0.1) is 11.1 Å². The minimum Gasteiger partial charge on any atom is -0.489 e. The number of imide groups is 1. The summed E-state index contributed by atoms with van der Waals surface area (Å²) in [4.78, 5) is 26.1. The number of hydrogen-bond acceptors (Lipinski definition) is 3. The smallest absolute Gasteiger partial charge is 0.261 e. The first-order valence-electron chi connectivity index (χ1n) is 9.03. The van der Waals surface area contributed by atoms with Crippen LogP contribution in [0.5, 0.6) is 5.75 Å². The van der Waals surface area contributed by atoms with E-state index in [1.165, 1.54) is 17.0 Å². The summed E-state index contributed by atoms with van der Waals surface area (Å²) in [6, 6.07) is 20.6. The Hall–Kier alpha value is -3.47. The van der Waals surface area contributed by atoms with Crippen LogP contribution >= 0.6 is 0 Å². The highest BCUT2D eigenvalue weighted by Gasteiger charge is 2.34. The lowest BCUT2D eigenvalue weighted by Crippen LogP contribution is -2.31. The minimum atomic E-state index is -0.296. The number of hydrogen-bond donors (Lipinski definition) is 0. The summed E-state index contributed by atoms with van der Waals surface area (Å²) in [5.41, 5.74) is 2.61. The van der Waals surface area contributed by atoms with Gasteiger partial charge in [-0.2, -0.15) is 0 Å². The Kier molecular flexibility index (Phi) is 4.89. The number of nitrogens with zero attached hydrogens (tertiary/aromatic N) is 1. The van der Waals surface area contributed by atoms with Crippen LogP contribution in [0, 0.1) is 5.82 Å². The third kappa shape index (κ3) is 3.64. The van der Waals surface area contributed by atoms with Crippen molar-refractivity contribution in [1.29, 1.82) is 0 Å². The molecule has 0 atom stereocenters. The molecule has 1 aliphatic rings. The summed E-state index contributed by atoms with van der Waals surface area (Å²) in [6.45, 7) is 0.569. The second-order valence-electron chi connectivity index (χ2n) is 6.62. The van der Waals surface area contributed by atoms with Gasteiger partial charge in [-0.25, -0.2) is 4.39 Å². The van der Waals surface area contributed by atoms with E-state index in [1.54, 1.807) is 36.4 Å². The molecule has 0 unspecified atom stereocenters. The van der Waals surface area contributed by atoms with Crippen molar-refractivity contribution in [2.75, 3.05) is 6.54 Å². The van der Waals surface area contributed by atoms with Crippen LogP contribution in [0.15, 0.2) is 72.8 Å². The van der Waals surface area contributed by atoms with Gasteiger partial charge in [-0.05, 0) is 53.9 Å². The molecule has 0 saturated heterocycles. The zero-order valence-electron chi connectivity index (χ0n) is 15.1. The number of carbonyl (C=O) groups is 2. The van der Waals surface area contributed by atoms with Crippen molar-refractivity contribution in [3.63, 3.8) is 0 Å². The lowest BCUT2D eigenvalue weighted by atomic mass is 10.1. The molecule has 0 bridgehead atoms. The van der Waals surface area contributed by atoms with E-state index in [1.807, 2.05) is 24.3 Å². The maximum Gasteiger partial charge on any atom is 0.261 e. The van der Waals surface area contributed by atoms with Gasteiger partial charge in [0.2, 0.25) is 0 Å². The summed E-state index contributed by atoms with van der Waals surface area (Å²) < 4.78 is 19.0. The van der Waals surface area contributed by atoms with E-state index in [4.69, 9.17) is 4.74 Å². The van der Waals surface area contributed by atoms with Crippen LogP contribution in [0.2, 0.25) is 0 Å². The molecule has 3 aromatic carbocycles. The molecule has 28 heavy (non-hydrogen) atoms. The second kappa shape index (κ2) is 7.64. The number of amides is 2. The third-order valence-electron chi connectivity index (χ3n) is 4.70. The van der Waals surface area contributed by atoms with Crippen LogP contribution in [0.1, 0.15) is 31.8 Å². The molecule has 4 nitrogen and oxygen atoms in total. The zero-order valence-corrected chi connectivity index (χ0v) is 15.1. The first kappa shape index (κ1) is 17.9. The first-order chi connectivity index (χ1) is 13.6. The monoisotopic (exact) mass is 375 g/mol. The molecule has 1 aliphatic heterocycles. The van der Waals surface area contributed by atoms with Gasteiger partial charge in [0.25, 0.3) is 11.8 Å². The van der Waals surface area contributed by atoms with Crippen molar-refractivity contribution in [3.8, 4) is 5.75 Å². The number of ether oxygens (including phenoxy) is 1. The molecule has 0 spiro atoms. The lowest BCUT2D eigenvalue weighted by molar-refractivity contribution is 0.0656. The number of fused-ring (bicyclic) bond motifs is 1. The second-order valence-corrected chi connectivity index (χ2v) is 6.62. The largest absolute Gasteiger partial charge is 0.489 e. The predicted octanol–water partition coefficient (Wildman–Crippen LogP) is 4.24. The molecule has 0 aliphatic carbocycles. The molecular formula is C23H18FNO3. The van der Waals surface area contributed by atoms with Crippen molar-refractivity contribution in [3.05, 3.63) is 101 Å². The summed E-state index contributed by atoms with van der Waals surface area (Å²) in [5, 5.41) is 0. The fraction of sp³-hybridized carbons (Fsp3) is 0.130. The Morgan fingerprint density at radius 1 is 0.786 bits per heavy atom. The molecule has 0 N–H and O–H groups in total. The molecule has 0 radical (unpaired) electrons. The summed E-state index contributed by atoms with van der Waals surface area (Å²) in [5.74, 6) is -0.141. The molecule has 140 valence electrons. The Bertz CT molecular complexity index is 1010. The third-order valence-corrected chi connectivity index (χ3v) is 4.70. The van der Waals surface area contributed by atoms with E-state index in [9.17, 15) is 14.0 Å². The molecule has 0 saturated carbocycles. The highest BCUT2D eigenvalue weighted by molar-refractivity contribution is 6.21. The molecular weight excluding hydrogens is 357 g/mol. The normalized spacial score (nSPS) is 13.0. The first-order valence-corrected chi connectivity index (χ1v) is 9.03. The van der Waals surface area contributed by atoms with Gasteiger partial charge in [-0.1, -0.05) is 36.4 Å². The number of benzene rings is 3. The molecule has 4 rings (SSSR count). The highest BCUT2D eigenvalue weighted by Crippen LogP contribution is 2.23. The van der Waals surface area contributed by atoms with Crippen molar-refractivity contribution in [2.24, 2.45) is 0 Å². The minimum absolute atomic E-state index is 0.251. The van der Waals surface area contributed by atoms with Gasteiger partial charge in [0, 0.05) is 6.54 Å². The van der Waals surface area contributed by atoms with Gasteiger partial charge in [0.15, 0.2) is 0 Å². The zero-order chi connectivity index (χ0) is 19.5. The average Bonchev–Trinajstić information content (AvgIpc) is 2.96. The SMILES string of the molecule is O=C1c2ccccc2C(=O)N1CCc1cccc(OCc2cccc(F)c2)c1. The van der Waals surface area contributed by atoms with Crippen molar-refractivity contribution in [2.45, 2.75) is 13.0 Å². The van der Waals surface area contributed by atoms with E-state index in [2.05, 4.69) is 0 Å². The van der Waals surface area contributed by atoms with Gasteiger partial charge in [-0.3, -0.25) is 14.5 Å². The van der Waals surface area contributed by atoms with Gasteiger partial charge in [0.1, 0.15) is 18.2 Å². The number of halogens is 1. The maximum atomic E-state index is 13.3. The molecule has 3 aromatic rings. The number of carbonyl (C=O) groups excluding carboxylic acids is 2. The highest BCUT2D eigenvalue weighted by atomic mass is 19.1. The molecule has 5 heteroatoms. The Morgan fingerprint density at radius 2 is 1.46 bits per heavy atom. The fourth-order valence-electron chi connectivity index (χ4n) is 3.27. The van der Waals surface area contributed by atoms with Gasteiger partial charge >= 0.3 is 0 Å². The van der Waals surface area contributed by atoms with E-state index in [0.717, 1.165) is 11.1 Å². The van der Waals surface area contributed by atoms with Crippen LogP contribution in [-0.4, -0.2) is 23.3 Å². The van der Waals surface area contributed by atoms with E-state index in [0.29, 0.717) is 29.8 Å². The van der Waals surface area contributed by atoms with Crippen LogP contribution in [0.4, 0.5) is 4.39 Å². The van der Waals surface area contributed by atoms with Crippen LogP contribution in [0.25, 0.3) is 0 Å². The Labute approximate surface area is 162 Å². The summed E-state index contributed by atoms with van der Waals surface area (Å²) in [6.07, 6.45) is 0.530. The average molecular weight is 375 g/mol. The standard InChI is InChI=1S/C23H18FNO3/c24-18-7-3-6-17(13-18)15-28-19-8-4-5-16(14-19)11-12-25-22(26)20-9-1-2-10-21(20)23(25)27/h1-10,13-14H,11-12,15H2. The van der Waals surface area contributed by atoms with E-state index >= 15 is 0 Å². The van der Waals surface area contributed by atoms with Gasteiger partial charge in [-0.15, -0.1) is 0 Å². The van der Waals surface area contributed by atoms with Crippen LogP contribution in [0.3, 0.4) is 0 Å². The quantitative estimate of drug-likeness (QED) is 0.606. The molecule has 1 heterocycles. The Morgan fingerprint density at radius 3 is 2.18 bits per heavy atom. The topological polar surface area (TPSA) is 46.6 Å². The number of rotatable bonds is 6. The predicted molar refractivity (Wildman–Crippen MR) is 103 cm³/mol. The summed E-state index contributed by atoms with van der Waals surface area (Å²) in [7, 11) is 0. The lowest BCUT2D eigenvalue weighted by Gasteiger charge is -2.14. The summed E-state index contributed by atoms with van der Waals surface area (Å²) >= 11 is 0. The van der Waals surface area contributed by atoms with Crippen LogP contribution < -0.4 is 4.74 Å².